The molecule has 0 aromatic rings. The van der Waals surface area contributed by atoms with E-state index in [0.29, 0.717) is 0 Å². The van der Waals surface area contributed by atoms with Crippen molar-refractivity contribution in [3.05, 3.63) is 0 Å². The minimum Gasteiger partial charge on any atom is -0.325 e. The molecular weight excluding hydrogens is 234 g/mol. The van der Waals surface area contributed by atoms with Gasteiger partial charge in [0.15, 0.2) is 0 Å². The van der Waals surface area contributed by atoms with Crippen LogP contribution in [-0.4, -0.2) is 59.8 Å². The lowest BCUT2D eigenvalue weighted by Crippen LogP contribution is -2.77. The molecule has 0 atom stereocenters. The fourth-order valence-corrected chi connectivity index (χ4v) is 15.2. The van der Waals surface area contributed by atoms with Crippen molar-refractivity contribution in [2.75, 3.05) is 21.1 Å². The molecule has 1 rings (SSSR count). The molecule has 1 fully saturated rings. The molecule has 13 heavy (non-hydrogen) atoms. The standard InChI is InChI=1S/C6H18ClN3Si3/c1-8-11(4)9(2)13(6,7)10(3)12(8)5/h1-6H3. The lowest BCUT2D eigenvalue weighted by molar-refractivity contribution is 0.536. The second-order valence-corrected chi connectivity index (χ2v) is 15.2. The largest absolute Gasteiger partial charge is 0.325 e. The minimum atomic E-state index is -1.78. The van der Waals surface area contributed by atoms with Gasteiger partial charge in [0.1, 0.15) is 0 Å². The molecule has 0 aromatic carbocycles. The monoisotopic (exact) mass is 251 g/mol. The number of nitrogens with zero attached hydrogens (tertiary/aromatic N) is 3. The maximum Gasteiger partial charge on any atom is 0.292 e. The molecule has 1 heterocycles. The van der Waals surface area contributed by atoms with Gasteiger partial charge in [-0.3, -0.25) is 0 Å². The third-order valence-electron chi connectivity index (χ3n) is 3.17. The van der Waals surface area contributed by atoms with E-state index in [0.717, 1.165) is 0 Å². The predicted molar refractivity (Wildman–Crippen MR) is 64.0 cm³/mol. The lowest BCUT2D eigenvalue weighted by atomic mass is 11.6. The average Bonchev–Trinajstić information content (AvgIpc) is 2.09. The van der Waals surface area contributed by atoms with Gasteiger partial charge in [-0.25, -0.2) is 0 Å². The molecule has 0 N–H and O–H groups in total. The van der Waals surface area contributed by atoms with Gasteiger partial charge >= 0.3 is 0 Å². The van der Waals surface area contributed by atoms with Gasteiger partial charge in [-0.2, -0.15) is 0 Å². The second kappa shape index (κ2) is 3.76. The van der Waals surface area contributed by atoms with Gasteiger partial charge in [-0.15, -0.1) is 11.1 Å². The van der Waals surface area contributed by atoms with Crippen LogP contribution in [0, 0.1) is 0 Å². The molecule has 7 heteroatoms. The molecule has 1 aliphatic rings. The van der Waals surface area contributed by atoms with Gasteiger partial charge in [-0.1, -0.05) is 0 Å². The molecule has 0 unspecified atom stereocenters. The third-order valence-corrected chi connectivity index (χ3v) is 18.4. The van der Waals surface area contributed by atoms with Crippen molar-refractivity contribution in [2.24, 2.45) is 0 Å². The number of hydrogen-bond donors (Lipinski definition) is 0. The zero-order chi connectivity index (χ0) is 10.4. The van der Waals surface area contributed by atoms with Gasteiger partial charge in [0.2, 0.25) is 18.2 Å². The summed E-state index contributed by atoms with van der Waals surface area (Å²) in [5.74, 6) is 0. The summed E-state index contributed by atoms with van der Waals surface area (Å²) >= 11 is 6.64. The first-order valence-corrected chi connectivity index (χ1v) is 11.6. The highest BCUT2D eigenvalue weighted by Crippen LogP contribution is 2.26. The number of hydrogen-bond acceptors (Lipinski definition) is 3. The summed E-state index contributed by atoms with van der Waals surface area (Å²) in [5, 5.41) is 0. The Bertz CT molecular complexity index is 186. The quantitative estimate of drug-likeness (QED) is 0.467. The van der Waals surface area contributed by atoms with Gasteiger partial charge < -0.3 is 12.7 Å². The van der Waals surface area contributed by atoms with E-state index in [4.69, 9.17) is 11.1 Å². The molecule has 0 spiro atoms. The lowest BCUT2D eigenvalue weighted by Gasteiger charge is -2.52. The van der Waals surface area contributed by atoms with Gasteiger partial charge in [0.25, 0.3) is 7.71 Å². The van der Waals surface area contributed by atoms with Crippen molar-refractivity contribution in [2.45, 2.75) is 19.6 Å². The molecule has 1 saturated heterocycles. The van der Waals surface area contributed by atoms with Crippen LogP contribution < -0.4 is 0 Å². The van der Waals surface area contributed by atoms with Crippen LogP contribution in [0.1, 0.15) is 0 Å². The Kier molecular flexibility index (Phi) is 3.44. The molecule has 0 bridgehead atoms. The number of halogens is 1. The van der Waals surface area contributed by atoms with Crippen molar-refractivity contribution in [3.63, 3.8) is 0 Å². The summed E-state index contributed by atoms with van der Waals surface area (Å²) in [5.41, 5.74) is 0. The highest BCUT2D eigenvalue weighted by atomic mass is 35.6. The molecule has 0 aliphatic carbocycles. The van der Waals surface area contributed by atoms with Crippen LogP contribution in [0.5, 0.6) is 0 Å². The van der Waals surface area contributed by atoms with Gasteiger partial charge in [0, 0.05) is 0 Å². The molecule has 76 valence electrons. The van der Waals surface area contributed by atoms with E-state index in [-0.39, 0.29) is 0 Å². The third kappa shape index (κ3) is 1.81. The summed E-state index contributed by atoms with van der Waals surface area (Å²) in [4.78, 5) is 0. The Labute approximate surface area is 90.7 Å². The smallest absolute Gasteiger partial charge is 0.292 e. The van der Waals surface area contributed by atoms with Crippen molar-refractivity contribution >= 4 is 37.0 Å². The van der Waals surface area contributed by atoms with E-state index in [1.165, 1.54) is 0 Å². The van der Waals surface area contributed by atoms with Crippen LogP contribution in [-0.2, 0) is 0 Å². The molecule has 0 amide bonds. The van der Waals surface area contributed by atoms with Crippen LogP contribution in [0.25, 0.3) is 0 Å². The van der Waals surface area contributed by atoms with Crippen molar-refractivity contribution in [1.82, 2.24) is 12.7 Å². The van der Waals surface area contributed by atoms with Crippen molar-refractivity contribution in [1.29, 1.82) is 0 Å². The molecule has 0 saturated carbocycles. The van der Waals surface area contributed by atoms with E-state index in [1.54, 1.807) is 0 Å². The van der Waals surface area contributed by atoms with E-state index < -0.39 is 25.9 Å². The van der Waals surface area contributed by atoms with Gasteiger partial charge in [-0.05, 0) is 40.8 Å². The van der Waals surface area contributed by atoms with E-state index in [9.17, 15) is 0 Å². The molecule has 2 radical (unpaired) electrons. The summed E-state index contributed by atoms with van der Waals surface area (Å²) in [6.07, 6.45) is 0. The Hall–Kier alpha value is 0.821. The molecular formula is C6H18ClN3Si3. The Balaban J connectivity index is 2.93. The minimum absolute atomic E-state index is 0.536. The Morgan fingerprint density at radius 2 is 1.31 bits per heavy atom. The van der Waals surface area contributed by atoms with Gasteiger partial charge in [0.05, 0.1) is 0 Å². The van der Waals surface area contributed by atoms with Crippen LogP contribution in [0.3, 0.4) is 0 Å². The van der Waals surface area contributed by atoms with Crippen LogP contribution in [0.15, 0.2) is 0 Å². The topological polar surface area (TPSA) is 9.72 Å². The SMILES string of the molecule is CN1[Si](C)N(C)[Si](C)(Cl)N(C)[Si]1C. The molecule has 1 aliphatic heterocycles. The highest BCUT2D eigenvalue weighted by molar-refractivity contribution is 7.22. The first-order valence-electron chi connectivity index (χ1n) is 4.37. The Morgan fingerprint density at radius 1 is 1.00 bits per heavy atom. The van der Waals surface area contributed by atoms with Crippen molar-refractivity contribution < 1.29 is 0 Å². The maximum atomic E-state index is 6.64. The number of rotatable bonds is 0. The van der Waals surface area contributed by atoms with Crippen LogP contribution >= 0.6 is 11.1 Å². The molecule has 0 aromatic heterocycles. The summed E-state index contributed by atoms with van der Waals surface area (Å²) in [6, 6.07) is 0. The van der Waals surface area contributed by atoms with E-state index >= 15 is 0 Å². The van der Waals surface area contributed by atoms with E-state index in [2.05, 4.69) is 53.5 Å². The van der Waals surface area contributed by atoms with E-state index in [1.807, 2.05) is 0 Å². The van der Waals surface area contributed by atoms with Crippen molar-refractivity contribution in [3.8, 4) is 0 Å². The summed E-state index contributed by atoms with van der Waals surface area (Å²) in [7, 11) is 3.73. The summed E-state index contributed by atoms with van der Waals surface area (Å²) < 4.78 is 7.39. The first kappa shape index (κ1) is 11.9. The summed E-state index contributed by atoms with van der Waals surface area (Å²) in [6.45, 7) is 6.89. The fourth-order valence-electron chi connectivity index (χ4n) is 1.50. The normalized spacial score (nSPS) is 29.8. The fraction of sp³-hybridized carbons (Fsp3) is 1.00. The first-order chi connectivity index (χ1) is 5.80. The van der Waals surface area contributed by atoms with Crippen LogP contribution in [0.2, 0.25) is 19.6 Å². The highest BCUT2D eigenvalue weighted by Gasteiger charge is 2.49. The molecule has 3 nitrogen and oxygen atoms in total. The zero-order valence-electron chi connectivity index (χ0n) is 9.22. The predicted octanol–water partition coefficient (Wildman–Crippen LogP) is 0.839. The maximum absolute atomic E-state index is 6.64. The average molecular weight is 252 g/mol. The zero-order valence-corrected chi connectivity index (χ0v) is 13.0. The second-order valence-electron chi connectivity index (χ2n) is 3.68. The van der Waals surface area contributed by atoms with Crippen LogP contribution in [0.4, 0.5) is 0 Å². The Morgan fingerprint density at radius 3 is 1.62 bits per heavy atom.